The highest BCUT2D eigenvalue weighted by Gasteiger charge is 2.24. The van der Waals surface area contributed by atoms with Gasteiger partial charge in [0, 0.05) is 48.6 Å². The second-order valence-electron chi connectivity index (χ2n) is 8.33. The van der Waals surface area contributed by atoms with Crippen LogP contribution in [-0.2, 0) is 22.4 Å². The van der Waals surface area contributed by atoms with Crippen LogP contribution in [0.3, 0.4) is 0 Å². The van der Waals surface area contributed by atoms with Gasteiger partial charge in [0.15, 0.2) is 11.5 Å². The molecule has 0 radical (unpaired) electrons. The minimum atomic E-state index is 0.0374. The number of fused-ring (bicyclic) bond motifs is 3. The largest absolute Gasteiger partial charge is 0.487 e. The third kappa shape index (κ3) is 5.73. The summed E-state index contributed by atoms with van der Waals surface area (Å²) in [5, 5.41) is 4.45. The number of nitrogens with one attached hydrogen (secondary N) is 1. The maximum absolute atomic E-state index is 12.5. The maximum Gasteiger partial charge on any atom is 0.204 e. The van der Waals surface area contributed by atoms with E-state index in [1.807, 2.05) is 30.3 Å². The highest BCUT2D eigenvalue weighted by atomic mass is 35.5. The van der Waals surface area contributed by atoms with E-state index in [1.165, 1.54) is 6.33 Å². The van der Waals surface area contributed by atoms with Crippen molar-refractivity contribution in [2.45, 2.75) is 12.8 Å². The topological polar surface area (TPSA) is 105 Å². The fourth-order valence-corrected chi connectivity index (χ4v) is 4.28. The van der Waals surface area contributed by atoms with E-state index in [0.717, 1.165) is 11.3 Å². The molecule has 0 spiro atoms. The van der Waals surface area contributed by atoms with E-state index in [4.69, 9.17) is 30.5 Å². The molecule has 0 saturated heterocycles. The lowest BCUT2D eigenvalue weighted by Crippen LogP contribution is -2.17. The number of nitrogens with zero attached hydrogens (tertiary/aromatic N) is 3. The molecule has 0 bridgehead atoms. The molecule has 3 heterocycles. The zero-order chi connectivity index (χ0) is 25.6. The van der Waals surface area contributed by atoms with Crippen LogP contribution in [0.2, 0.25) is 5.02 Å². The van der Waals surface area contributed by atoms with Gasteiger partial charge in [0.1, 0.15) is 37.7 Å². The third-order valence-corrected chi connectivity index (χ3v) is 6.08. The zero-order valence-corrected chi connectivity index (χ0v) is 21.0. The van der Waals surface area contributed by atoms with Crippen LogP contribution in [0.4, 0.5) is 11.5 Å². The molecule has 0 atom stereocenters. The lowest BCUT2D eigenvalue weighted by atomic mass is 10.0. The van der Waals surface area contributed by atoms with E-state index in [1.54, 1.807) is 25.4 Å². The summed E-state index contributed by atoms with van der Waals surface area (Å²) in [5.41, 5.74) is 2.82. The SMILES string of the molecule is COCCOc1cc2ncnc(Nc3ccc(CC(=O)Cc4ccccn4)c(Cl)c3)c2c2c1OCCO2. The molecule has 5 rings (SSSR count). The number of aromatic nitrogens is 3. The number of carbonyl (C=O) groups excluding carboxylic acids is 1. The molecule has 2 aromatic carbocycles. The molecule has 4 aromatic rings. The normalized spacial score (nSPS) is 12.4. The molecule has 190 valence electrons. The van der Waals surface area contributed by atoms with Gasteiger partial charge in [-0.1, -0.05) is 23.7 Å². The number of methoxy groups -OCH3 is 1. The van der Waals surface area contributed by atoms with Gasteiger partial charge in [-0.3, -0.25) is 9.78 Å². The molecule has 0 aliphatic carbocycles. The lowest BCUT2D eigenvalue weighted by molar-refractivity contribution is -0.117. The van der Waals surface area contributed by atoms with Crippen LogP contribution >= 0.6 is 11.6 Å². The summed E-state index contributed by atoms with van der Waals surface area (Å²) in [7, 11) is 1.61. The van der Waals surface area contributed by atoms with Crippen molar-refractivity contribution in [3.63, 3.8) is 0 Å². The number of benzene rings is 2. The van der Waals surface area contributed by atoms with E-state index in [2.05, 4.69) is 20.3 Å². The molecule has 10 heteroatoms. The molecule has 1 aliphatic heterocycles. The molecule has 0 unspecified atom stereocenters. The number of pyridine rings is 1. The van der Waals surface area contributed by atoms with Crippen LogP contribution in [0.15, 0.2) is 55.0 Å². The first kappa shape index (κ1) is 24.7. The van der Waals surface area contributed by atoms with Crippen molar-refractivity contribution in [1.82, 2.24) is 15.0 Å². The van der Waals surface area contributed by atoms with E-state index in [9.17, 15) is 4.79 Å². The summed E-state index contributed by atoms with van der Waals surface area (Å²) < 4.78 is 22.8. The minimum Gasteiger partial charge on any atom is -0.487 e. The Morgan fingerprint density at radius 2 is 1.89 bits per heavy atom. The van der Waals surface area contributed by atoms with Gasteiger partial charge in [-0.05, 0) is 29.8 Å². The molecule has 1 aliphatic rings. The van der Waals surface area contributed by atoms with Crippen LogP contribution in [0.25, 0.3) is 10.9 Å². The summed E-state index contributed by atoms with van der Waals surface area (Å²) in [4.78, 5) is 25.6. The van der Waals surface area contributed by atoms with Crippen molar-refractivity contribution in [3.8, 4) is 17.2 Å². The van der Waals surface area contributed by atoms with Crippen LogP contribution in [-0.4, -0.2) is 54.3 Å². The molecular formula is C27H25ClN4O5. The number of ether oxygens (including phenoxy) is 4. The molecule has 2 aromatic heterocycles. The van der Waals surface area contributed by atoms with Crippen molar-refractivity contribution in [2.75, 3.05) is 38.9 Å². The fourth-order valence-electron chi connectivity index (χ4n) is 4.03. The number of anilines is 2. The highest BCUT2D eigenvalue weighted by molar-refractivity contribution is 6.31. The molecular weight excluding hydrogens is 496 g/mol. The van der Waals surface area contributed by atoms with Gasteiger partial charge in [-0.2, -0.15) is 0 Å². The Labute approximate surface area is 218 Å². The van der Waals surface area contributed by atoms with Gasteiger partial charge in [0.25, 0.3) is 0 Å². The second-order valence-corrected chi connectivity index (χ2v) is 8.74. The molecule has 0 fully saturated rings. The zero-order valence-electron chi connectivity index (χ0n) is 20.2. The maximum atomic E-state index is 12.5. The van der Waals surface area contributed by atoms with Crippen LogP contribution in [0, 0.1) is 0 Å². The van der Waals surface area contributed by atoms with E-state index in [0.29, 0.717) is 71.1 Å². The Bertz CT molecular complexity index is 1420. The summed E-state index contributed by atoms with van der Waals surface area (Å²) in [6.07, 6.45) is 3.62. The predicted molar refractivity (Wildman–Crippen MR) is 139 cm³/mol. The van der Waals surface area contributed by atoms with Gasteiger partial charge in [0.05, 0.1) is 17.5 Å². The number of Topliss-reactive ketones (excluding diaryl/α,β-unsaturated/α-hetero) is 1. The second kappa shape index (κ2) is 11.4. The lowest BCUT2D eigenvalue weighted by Gasteiger charge is -2.23. The van der Waals surface area contributed by atoms with E-state index in [-0.39, 0.29) is 18.6 Å². The van der Waals surface area contributed by atoms with Crippen LogP contribution in [0.5, 0.6) is 17.2 Å². The Kier molecular flexibility index (Phi) is 7.62. The van der Waals surface area contributed by atoms with Crippen LogP contribution < -0.4 is 19.5 Å². The molecule has 37 heavy (non-hydrogen) atoms. The highest BCUT2D eigenvalue weighted by Crippen LogP contribution is 2.47. The average Bonchev–Trinajstić information content (AvgIpc) is 2.91. The first-order valence-electron chi connectivity index (χ1n) is 11.8. The number of hydrogen-bond donors (Lipinski definition) is 1. The first-order valence-corrected chi connectivity index (χ1v) is 12.2. The summed E-state index contributed by atoms with van der Waals surface area (Å²) in [5.74, 6) is 2.13. The minimum absolute atomic E-state index is 0.0374. The number of ketones is 1. The number of carbonyl (C=O) groups is 1. The third-order valence-electron chi connectivity index (χ3n) is 5.73. The van der Waals surface area contributed by atoms with Crippen LogP contribution in [0.1, 0.15) is 11.3 Å². The van der Waals surface area contributed by atoms with Crippen molar-refractivity contribution in [1.29, 1.82) is 0 Å². The Hall–Kier alpha value is -3.95. The fraction of sp³-hybridized carbons (Fsp3) is 0.259. The Morgan fingerprint density at radius 3 is 2.68 bits per heavy atom. The molecule has 0 amide bonds. The van der Waals surface area contributed by atoms with Gasteiger partial charge in [-0.25, -0.2) is 9.97 Å². The quantitative estimate of drug-likeness (QED) is 0.301. The Morgan fingerprint density at radius 1 is 1.03 bits per heavy atom. The smallest absolute Gasteiger partial charge is 0.204 e. The number of hydrogen-bond acceptors (Lipinski definition) is 9. The summed E-state index contributed by atoms with van der Waals surface area (Å²) in [6.45, 7) is 1.61. The Balaban J connectivity index is 1.38. The van der Waals surface area contributed by atoms with Gasteiger partial charge in [0.2, 0.25) is 5.75 Å². The van der Waals surface area contributed by atoms with Gasteiger partial charge >= 0.3 is 0 Å². The monoisotopic (exact) mass is 520 g/mol. The van der Waals surface area contributed by atoms with Crippen molar-refractivity contribution in [2.24, 2.45) is 0 Å². The molecule has 1 N–H and O–H groups in total. The van der Waals surface area contributed by atoms with Gasteiger partial charge < -0.3 is 24.3 Å². The average molecular weight is 521 g/mol. The summed E-state index contributed by atoms with van der Waals surface area (Å²) >= 11 is 6.55. The van der Waals surface area contributed by atoms with E-state index >= 15 is 0 Å². The van der Waals surface area contributed by atoms with Crippen molar-refractivity contribution >= 4 is 39.8 Å². The number of halogens is 1. The van der Waals surface area contributed by atoms with Crippen molar-refractivity contribution < 1.29 is 23.7 Å². The number of rotatable bonds is 10. The van der Waals surface area contributed by atoms with E-state index < -0.39 is 0 Å². The van der Waals surface area contributed by atoms with Crippen molar-refractivity contribution in [3.05, 3.63) is 71.3 Å². The summed E-state index contributed by atoms with van der Waals surface area (Å²) in [6, 6.07) is 12.8. The standard InChI is InChI=1S/C27H25ClN4O5/c1-34-8-9-35-23-15-22-24(26-25(23)36-10-11-37-26)27(31-16-30-22)32-19-6-5-17(21(28)14-19)12-20(33)13-18-4-2-3-7-29-18/h2-7,14-16H,8-13H2,1H3,(H,30,31,32). The molecule has 0 saturated carbocycles. The van der Waals surface area contributed by atoms with Gasteiger partial charge in [-0.15, -0.1) is 0 Å². The molecule has 9 nitrogen and oxygen atoms in total. The first-order chi connectivity index (χ1) is 18.1. The predicted octanol–water partition coefficient (Wildman–Crippen LogP) is 4.57.